The number of carboxylic acids is 1. The fourth-order valence-electron chi connectivity index (χ4n) is 1.52. The number of terminal acetylenes is 1. The van der Waals surface area contributed by atoms with Crippen LogP contribution in [-0.2, 0) is 16.0 Å². The van der Waals surface area contributed by atoms with Crippen LogP contribution in [0.15, 0.2) is 24.3 Å². The molecule has 0 fully saturated rings. The lowest BCUT2D eigenvalue weighted by Crippen LogP contribution is -2.42. The molecule has 0 radical (unpaired) electrons. The van der Waals surface area contributed by atoms with E-state index >= 15 is 0 Å². The quantitative estimate of drug-likeness (QED) is 0.664. The first kappa shape index (κ1) is 14.6. The maximum Gasteiger partial charge on any atom is 0.326 e. The van der Waals surface area contributed by atoms with Gasteiger partial charge in [-0.15, -0.1) is 12.3 Å². The molecule has 0 aliphatic heterocycles. The summed E-state index contributed by atoms with van der Waals surface area (Å²) < 4.78 is 0. The number of nitrogens with one attached hydrogen (secondary N) is 1. The number of carbonyl (C=O) groups is 2. The van der Waals surface area contributed by atoms with Gasteiger partial charge in [0.2, 0.25) is 5.91 Å². The Bertz CT molecular complexity index is 487. The first-order valence-corrected chi connectivity index (χ1v) is 5.76. The number of phenols is 1. The number of hydrogen-bond acceptors (Lipinski definition) is 3. The van der Waals surface area contributed by atoms with E-state index in [0.717, 1.165) is 0 Å². The monoisotopic (exact) mass is 261 g/mol. The Hall–Kier alpha value is -2.48. The molecule has 5 heteroatoms. The molecule has 19 heavy (non-hydrogen) atoms. The van der Waals surface area contributed by atoms with Crippen LogP contribution in [0.4, 0.5) is 0 Å². The van der Waals surface area contributed by atoms with E-state index in [1.54, 1.807) is 12.1 Å². The van der Waals surface area contributed by atoms with Crippen LogP contribution < -0.4 is 5.32 Å². The molecule has 5 nitrogen and oxygen atoms in total. The van der Waals surface area contributed by atoms with Gasteiger partial charge in [-0.1, -0.05) is 12.1 Å². The van der Waals surface area contributed by atoms with Gasteiger partial charge in [0.25, 0.3) is 0 Å². The van der Waals surface area contributed by atoms with E-state index in [-0.39, 0.29) is 30.9 Å². The SMILES string of the molecule is C#CCCC(=O)NC(Cc1ccc(O)cc1)C(=O)O. The Morgan fingerprint density at radius 2 is 1.95 bits per heavy atom. The average molecular weight is 261 g/mol. The topological polar surface area (TPSA) is 86.6 Å². The summed E-state index contributed by atoms with van der Waals surface area (Å²) in [6, 6.07) is 5.15. The summed E-state index contributed by atoms with van der Waals surface area (Å²) in [6.45, 7) is 0. The maximum absolute atomic E-state index is 11.5. The molecule has 0 aliphatic carbocycles. The zero-order chi connectivity index (χ0) is 14.3. The van der Waals surface area contributed by atoms with Crippen molar-refractivity contribution in [3.8, 4) is 18.1 Å². The van der Waals surface area contributed by atoms with Crippen LogP contribution in [0.1, 0.15) is 18.4 Å². The molecule has 1 unspecified atom stereocenters. The molecule has 1 atom stereocenters. The molecular formula is C14H15NO4. The first-order chi connectivity index (χ1) is 9.02. The predicted octanol–water partition coefficient (Wildman–Crippen LogP) is 0.917. The minimum absolute atomic E-state index is 0.105. The summed E-state index contributed by atoms with van der Waals surface area (Å²) in [6.07, 6.45) is 5.57. The van der Waals surface area contributed by atoms with Crippen molar-refractivity contribution in [2.45, 2.75) is 25.3 Å². The second-order valence-corrected chi connectivity index (χ2v) is 4.03. The highest BCUT2D eigenvalue weighted by molar-refractivity contribution is 5.83. The van der Waals surface area contributed by atoms with Gasteiger partial charge in [0.1, 0.15) is 11.8 Å². The summed E-state index contributed by atoms with van der Waals surface area (Å²) in [5.41, 5.74) is 0.711. The third-order valence-corrected chi connectivity index (χ3v) is 2.51. The zero-order valence-corrected chi connectivity index (χ0v) is 10.3. The normalized spacial score (nSPS) is 11.3. The molecule has 0 saturated heterocycles. The average Bonchev–Trinajstić information content (AvgIpc) is 2.38. The smallest absolute Gasteiger partial charge is 0.326 e. The number of aliphatic carboxylic acids is 1. The summed E-state index contributed by atoms with van der Waals surface area (Å²) in [5.74, 6) is 0.932. The molecule has 3 N–H and O–H groups in total. The summed E-state index contributed by atoms with van der Waals surface area (Å²) in [5, 5.41) is 20.6. The number of phenolic OH excluding ortho intramolecular Hbond substituents is 1. The molecule has 1 aromatic carbocycles. The van der Waals surface area contributed by atoms with Crippen LogP contribution in [0.3, 0.4) is 0 Å². The number of amides is 1. The third kappa shape index (κ3) is 5.13. The van der Waals surface area contributed by atoms with Crippen LogP contribution in [0.2, 0.25) is 0 Å². The minimum Gasteiger partial charge on any atom is -0.508 e. The van der Waals surface area contributed by atoms with Gasteiger partial charge in [-0.2, -0.15) is 0 Å². The predicted molar refractivity (Wildman–Crippen MR) is 69.4 cm³/mol. The third-order valence-electron chi connectivity index (χ3n) is 2.51. The second kappa shape index (κ2) is 7.07. The molecule has 1 aromatic rings. The fraction of sp³-hybridized carbons (Fsp3) is 0.286. The summed E-state index contributed by atoms with van der Waals surface area (Å²) in [4.78, 5) is 22.5. The van der Waals surface area contributed by atoms with E-state index in [2.05, 4.69) is 11.2 Å². The fourth-order valence-corrected chi connectivity index (χ4v) is 1.52. The van der Waals surface area contributed by atoms with Crippen LogP contribution >= 0.6 is 0 Å². The molecule has 1 rings (SSSR count). The summed E-state index contributed by atoms with van der Waals surface area (Å²) in [7, 11) is 0. The largest absolute Gasteiger partial charge is 0.508 e. The van der Waals surface area contributed by atoms with Gasteiger partial charge in [0.05, 0.1) is 0 Å². The standard InChI is InChI=1S/C14H15NO4/c1-2-3-4-13(17)15-12(14(18)19)9-10-5-7-11(16)8-6-10/h1,5-8,12,16H,3-4,9H2,(H,15,17)(H,18,19). The Labute approximate surface area is 111 Å². The highest BCUT2D eigenvalue weighted by atomic mass is 16.4. The molecular weight excluding hydrogens is 246 g/mol. The van der Waals surface area contributed by atoms with Crippen LogP contribution in [0.25, 0.3) is 0 Å². The van der Waals surface area contributed by atoms with E-state index in [1.165, 1.54) is 12.1 Å². The molecule has 100 valence electrons. The van der Waals surface area contributed by atoms with E-state index in [9.17, 15) is 9.59 Å². The van der Waals surface area contributed by atoms with Crippen molar-refractivity contribution < 1.29 is 19.8 Å². The molecule has 0 heterocycles. The van der Waals surface area contributed by atoms with E-state index in [4.69, 9.17) is 16.6 Å². The lowest BCUT2D eigenvalue weighted by Gasteiger charge is -2.14. The van der Waals surface area contributed by atoms with Gasteiger partial charge in [-0.25, -0.2) is 4.79 Å². The minimum atomic E-state index is -1.11. The number of benzene rings is 1. The molecule has 0 spiro atoms. The number of carboxylic acid groups (broad SMARTS) is 1. The van der Waals surface area contributed by atoms with Crippen molar-refractivity contribution in [2.24, 2.45) is 0 Å². The Morgan fingerprint density at radius 3 is 2.47 bits per heavy atom. The van der Waals surface area contributed by atoms with Crippen molar-refractivity contribution in [3.63, 3.8) is 0 Å². The second-order valence-electron chi connectivity index (χ2n) is 4.03. The van der Waals surface area contributed by atoms with E-state index in [0.29, 0.717) is 5.56 Å². The van der Waals surface area contributed by atoms with Crippen LogP contribution in [0, 0.1) is 12.3 Å². The number of rotatable bonds is 6. The number of hydrogen-bond donors (Lipinski definition) is 3. The van der Waals surface area contributed by atoms with E-state index < -0.39 is 12.0 Å². The Morgan fingerprint density at radius 1 is 1.32 bits per heavy atom. The van der Waals surface area contributed by atoms with Crippen molar-refractivity contribution in [1.29, 1.82) is 0 Å². The van der Waals surface area contributed by atoms with Crippen molar-refractivity contribution in [1.82, 2.24) is 5.32 Å². The van der Waals surface area contributed by atoms with Gasteiger partial charge < -0.3 is 15.5 Å². The molecule has 0 bridgehead atoms. The number of carbonyl (C=O) groups excluding carboxylic acids is 1. The van der Waals surface area contributed by atoms with Crippen molar-refractivity contribution in [3.05, 3.63) is 29.8 Å². The first-order valence-electron chi connectivity index (χ1n) is 5.76. The van der Waals surface area contributed by atoms with E-state index in [1.807, 2.05) is 0 Å². The highest BCUT2D eigenvalue weighted by Crippen LogP contribution is 2.11. The molecule has 0 saturated carbocycles. The highest BCUT2D eigenvalue weighted by Gasteiger charge is 2.19. The zero-order valence-electron chi connectivity index (χ0n) is 10.3. The van der Waals surface area contributed by atoms with Crippen molar-refractivity contribution >= 4 is 11.9 Å². The van der Waals surface area contributed by atoms with Crippen LogP contribution in [0.5, 0.6) is 5.75 Å². The van der Waals surface area contributed by atoms with Crippen LogP contribution in [-0.4, -0.2) is 28.1 Å². The van der Waals surface area contributed by atoms with Gasteiger partial charge in [0, 0.05) is 19.3 Å². The van der Waals surface area contributed by atoms with Gasteiger partial charge >= 0.3 is 5.97 Å². The lowest BCUT2D eigenvalue weighted by molar-refractivity contribution is -0.141. The Balaban J connectivity index is 2.63. The molecule has 1 amide bonds. The number of aromatic hydroxyl groups is 1. The van der Waals surface area contributed by atoms with Gasteiger partial charge in [-0.3, -0.25) is 4.79 Å². The Kier molecular flexibility index (Phi) is 5.42. The summed E-state index contributed by atoms with van der Waals surface area (Å²) >= 11 is 0. The van der Waals surface area contributed by atoms with Gasteiger partial charge in [0.15, 0.2) is 0 Å². The lowest BCUT2D eigenvalue weighted by atomic mass is 10.1. The van der Waals surface area contributed by atoms with Gasteiger partial charge in [-0.05, 0) is 17.7 Å². The maximum atomic E-state index is 11.5. The van der Waals surface area contributed by atoms with Crippen molar-refractivity contribution in [2.75, 3.05) is 0 Å². The molecule has 0 aromatic heterocycles. The molecule has 0 aliphatic rings.